The molecule has 1 aromatic heterocycles. The maximum absolute atomic E-state index is 11.9. The van der Waals surface area contributed by atoms with Crippen LogP contribution in [0.4, 0.5) is 13.2 Å². The summed E-state index contributed by atoms with van der Waals surface area (Å²) in [6.07, 6.45) is -3.13. The van der Waals surface area contributed by atoms with E-state index in [0.29, 0.717) is 0 Å². The number of rotatable bonds is 0. The molecule has 68 valence electrons. The van der Waals surface area contributed by atoms with Crippen LogP contribution < -0.4 is 6.15 Å². The van der Waals surface area contributed by atoms with Crippen molar-refractivity contribution in [1.29, 1.82) is 0 Å². The van der Waals surface area contributed by atoms with Crippen LogP contribution >= 0.6 is 0 Å². The Morgan fingerprint density at radius 2 is 1.83 bits per heavy atom. The normalized spacial score (nSPS) is 10.7. The van der Waals surface area contributed by atoms with Gasteiger partial charge < -0.3 is 6.15 Å². The number of aryl methyl sites for hydroxylation is 1. The van der Waals surface area contributed by atoms with Gasteiger partial charge in [0.05, 0.1) is 0 Å². The van der Waals surface area contributed by atoms with Crippen molar-refractivity contribution >= 4 is 0 Å². The molecule has 1 rings (SSSR count). The highest BCUT2D eigenvalue weighted by molar-refractivity contribution is 5.14. The minimum absolute atomic E-state index is 0. The van der Waals surface area contributed by atoms with E-state index < -0.39 is 11.9 Å². The van der Waals surface area contributed by atoms with Crippen molar-refractivity contribution < 1.29 is 13.2 Å². The lowest BCUT2D eigenvalue weighted by Crippen LogP contribution is -2.07. The van der Waals surface area contributed by atoms with Crippen LogP contribution in [0.5, 0.6) is 0 Å². The second-order valence-corrected chi connectivity index (χ2v) is 2.22. The van der Waals surface area contributed by atoms with E-state index in [1.807, 2.05) is 0 Å². The third kappa shape index (κ3) is 2.50. The van der Waals surface area contributed by atoms with Crippen LogP contribution in [0.15, 0.2) is 18.3 Å². The van der Waals surface area contributed by atoms with Gasteiger partial charge in [0.25, 0.3) is 0 Å². The maximum Gasteiger partial charge on any atom is 0.433 e. The molecule has 0 saturated heterocycles. The van der Waals surface area contributed by atoms with Gasteiger partial charge in [0.2, 0.25) is 0 Å². The molecule has 0 amide bonds. The van der Waals surface area contributed by atoms with Crippen LogP contribution in [0.3, 0.4) is 0 Å². The van der Waals surface area contributed by atoms with Gasteiger partial charge in [0.1, 0.15) is 5.69 Å². The summed E-state index contributed by atoms with van der Waals surface area (Å²) in [5.74, 6) is 0. The van der Waals surface area contributed by atoms with E-state index in [9.17, 15) is 13.2 Å². The van der Waals surface area contributed by atoms with E-state index >= 15 is 0 Å². The summed E-state index contributed by atoms with van der Waals surface area (Å²) in [4.78, 5) is 3.22. The molecule has 0 unspecified atom stereocenters. The lowest BCUT2D eigenvalue weighted by molar-refractivity contribution is -0.141. The molecule has 2 nitrogen and oxygen atoms in total. The van der Waals surface area contributed by atoms with E-state index in [0.717, 1.165) is 11.6 Å². The van der Waals surface area contributed by atoms with Gasteiger partial charge in [-0.2, -0.15) is 13.2 Å². The number of nitrogens with zero attached hydrogens (tertiary/aromatic N) is 1. The van der Waals surface area contributed by atoms with Gasteiger partial charge in [0, 0.05) is 6.20 Å². The highest BCUT2D eigenvalue weighted by Crippen LogP contribution is 2.26. The summed E-state index contributed by atoms with van der Waals surface area (Å²) < 4.78 is 35.6. The predicted molar refractivity (Wildman–Crippen MR) is 39.0 cm³/mol. The molecular weight excluding hydrogens is 169 g/mol. The van der Waals surface area contributed by atoms with Crippen LogP contribution in [0, 0.1) is 6.92 Å². The highest BCUT2D eigenvalue weighted by Gasteiger charge is 2.31. The Morgan fingerprint density at radius 3 is 2.17 bits per heavy atom. The fourth-order valence-corrected chi connectivity index (χ4v) is 0.635. The second kappa shape index (κ2) is 3.53. The number of hydrogen-bond donors (Lipinski definition) is 1. The highest BCUT2D eigenvalue weighted by atomic mass is 19.4. The summed E-state index contributed by atoms with van der Waals surface area (Å²) in [6.45, 7) is 1.69. The van der Waals surface area contributed by atoms with Crippen molar-refractivity contribution in [3.05, 3.63) is 29.6 Å². The minimum atomic E-state index is -4.33. The van der Waals surface area contributed by atoms with Gasteiger partial charge in [-0.05, 0) is 18.6 Å². The molecule has 0 spiro atoms. The first-order valence-corrected chi connectivity index (χ1v) is 3.00. The molecule has 0 fully saturated rings. The van der Waals surface area contributed by atoms with E-state index in [1.54, 1.807) is 6.92 Å². The van der Waals surface area contributed by atoms with E-state index in [4.69, 9.17) is 0 Å². The van der Waals surface area contributed by atoms with Gasteiger partial charge in [-0.3, -0.25) is 4.98 Å². The lowest BCUT2D eigenvalue weighted by atomic mass is 10.3. The molecule has 0 aliphatic carbocycles. The number of halogens is 3. The lowest BCUT2D eigenvalue weighted by Gasteiger charge is -2.03. The zero-order valence-corrected chi connectivity index (χ0v) is 6.52. The molecule has 0 saturated carbocycles. The van der Waals surface area contributed by atoms with Gasteiger partial charge in [-0.25, -0.2) is 0 Å². The molecular formula is C7H9F3N2. The molecule has 0 aliphatic rings. The van der Waals surface area contributed by atoms with Crippen molar-refractivity contribution in [2.45, 2.75) is 13.1 Å². The number of pyridine rings is 1. The molecule has 5 heteroatoms. The van der Waals surface area contributed by atoms with Gasteiger partial charge in [0.15, 0.2) is 0 Å². The molecule has 12 heavy (non-hydrogen) atoms. The van der Waals surface area contributed by atoms with E-state index in [1.165, 1.54) is 12.3 Å². The topological polar surface area (TPSA) is 47.9 Å². The third-order valence-corrected chi connectivity index (χ3v) is 1.20. The number of aromatic nitrogens is 1. The van der Waals surface area contributed by atoms with E-state index in [-0.39, 0.29) is 6.15 Å². The monoisotopic (exact) mass is 178 g/mol. The average molecular weight is 178 g/mol. The fraction of sp³-hybridized carbons (Fsp3) is 0.286. The Kier molecular flexibility index (Phi) is 3.21. The number of hydrogen-bond acceptors (Lipinski definition) is 2. The molecule has 1 aromatic rings. The van der Waals surface area contributed by atoms with Crippen LogP contribution in [-0.2, 0) is 6.18 Å². The molecule has 0 bridgehead atoms. The number of alkyl halides is 3. The predicted octanol–water partition coefficient (Wildman–Crippen LogP) is 2.57. The van der Waals surface area contributed by atoms with Crippen LogP contribution in [0.2, 0.25) is 0 Å². The molecule has 0 aliphatic heterocycles. The maximum atomic E-state index is 11.9. The first kappa shape index (κ1) is 10.9. The zero-order valence-electron chi connectivity index (χ0n) is 6.52. The molecule has 0 radical (unpaired) electrons. The standard InChI is InChI=1S/C7H6F3N.H3N/c1-5-2-3-6(11-4-5)7(8,9)10;/h2-4H,1H3;1H3. The summed E-state index contributed by atoms with van der Waals surface area (Å²) in [5.41, 5.74) is -0.124. The fourth-order valence-electron chi connectivity index (χ4n) is 0.635. The quantitative estimate of drug-likeness (QED) is 0.663. The van der Waals surface area contributed by atoms with Crippen LogP contribution in [0.25, 0.3) is 0 Å². The largest absolute Gasteiger partial charge is 0.433 e. The zero-order chi connectivity index (χ0) is 8.48. The van der Waals surface area contributed by atoms with Crippen molar-refractivity contribution in [3.63, 3.8) is 0 Å². The van der Waals surface area contributed by atoms with Crippen LogP contribution in [0.1, 0.15) is 11.3 Å². The van der Waals surface area contributed by atoms with E-state index in [2.05, 4.69) is 4.98 Å². The van der Waals surface area contributed by atoms with Crippen molar-refractivity contribution in [2.75, 3.05) is 0 Å². The molecule has 1 heterocycles. The smallest absolute Gasteiger partial charge is 0.344 e. The van der Waals surface area contributed by atoms with Gasteiger partial charge in [-0.1, -0.05) is 6.07 Å². The average Bonchev–Trinajstić information content (AvgIpc) is 1.86. The van der Waals surface area contributed by atoms with Crippen molar-refractivity contribution in [2.24, 2.45) is 0 Å². The Hall–Kier alpha value is -1.10. The second-order valence-electron chi connectivity index (χ2n) is 2.22. The SMILES string of the molecule is Cc1ccc(C(F)(F)F)nc1.N. The van der Waals surface area contributed by atoms with Gasteiger partial charge in [-0.15, -0.1) is 0 Å². The molecule has 0 atom stereocenters. The first-order chi connectivity index (χ1) is 5.00. The van der Waals surface area contributed by atoms with Crippen LogP contribution in [-0.4, -0.2) is 4.98 Å². The van der Waals surface area contributed by atoms with Gasteiger partial charge >= 0.3 is 6.18 Å². The Balaban J connectivity index is 0.00000121. The Morgan fingerprint density at radius 1 is 1.25 bits per heavy atom. The molecule has 3 N–H and O–H groups in total. The Labute approximate surface area is 68.0 Å². The summed E-state index contributed by atoms with van der Waals surface area (Å²) in [7, 11) is 0. The van der Waals surface area contributed by atoms with Crippen molar-refractivity contribution in [3.8, 4) is 0 Å². The minimum Gasteiger partial charge on any atom is -0.344 e. The van der Waals surface area contributed by atoms with Crippen molar-refractivity contribution in [1.82, 2.24) is 11.1 Å². The summed E-state index contributed by atoms with van der Waals surface area (Å²) >= 11 is 0. The first-order valence-electron chi connectivity index (χ1n) is 3.00. The molecule has 0 aromatic carbocycles. The summed E-state index contributed by atoms with van der Waals surface area (Å²) in [5, 5.41) is 0. The third-order valence-electron chi connectivity index (χ3n) is 1.20. The Bertz CT molecular complexity index is 240. The summed E-state index contributed by atoms with van der Waals surface area (Å²) in [6, 6.07) is 2.35.